The fourth-order valence-corrected chi connectivity index (χ4v) is 2.57. The number of amides is 1. The van der Waals surface area contributed by atoms with Gasteiger partial charge in [0.1, 0.15) is 0 Å². The van der Waals surface area contributed by atoms with Gasteiger partial charge in [0, 0.05) is 12.2 Å². The number of esters is 1. The van der Waals surface area contributed by atoms with Gasteiger partial charge in [0.2, 0.25) is 0 Å². The van der Waals surface area contributed by atoms with E-state index in [4.69, 9.17) is 4.74 Å². The average molecular weight is 259 g/mol. The molecular formula is C15H17NO3. The van der Waals surface area contributed by atoms with Crippen molar-refractivity contribution >= 4 is 17.6 Å². The van der Waals surface area contributed by atoms with Gasteiger partial charge in [0.15, 0.2) is 6.61 Å². The van der Waals surface area contributed by atoms with Gasteiger partial charge in [-0.1, -0.05) is 24.6 Å². The zero-order valence-corrected chi connectivity index (χ0v) is 10.8. The Bertz CT molecular complexity index is 508. The number of hydrogen-bond acceptors (Lipinski definition) is 3. The molecule has 0 atom stereocenters. The van der Waals surface area contributed by atoms with Crippen LogP contribution in [0.2, 0.25) is 0 Å². The van der Waals surface area contributed by atoms with Gasteiger partial charge in [-0.15, -0.1) is 0 Å². The summed E-state index contributed by atoms with van der Waals surface area (Å²) in [7, 11) is 0. The molecular weight excluding hydrogens is 242 g/mol. The second kappa shape index (κ2) is 5.03. The second-order valence-corrected chi connectivity index (χ2v) is 5.16. The molecule has 1 amide bonds. The van der Waals surface area contributed by atoms with E-state index >= 15 is 0 Å². The van der Waals surface area contributed by atoms with Crippen molar-refractivity contribution in [3.05, 3.63) is 29.8 Å². The Kier molecular flexibility index (Phi) is 3.23. The second-order valence-electron chi connectivity index (χ2n) is 5.16. The summed E-state index contributed by atoms with van der Waals surface area (Å²) in [5.74, 6) is -0.316. The number of carbonyl (C=O) groups is 2. The molecule has 4 nitrogen and oxygen atoms in total. The van der Waals surface area contributed by atoms with E-state index in [9.17, 15) is 9.59 Å². The zero-order chi connectivity index (χ0) is 13.2. The molecule has 1 aromatic carbocycles. The molecule has 0 N–H and O–H groups in total. The molecule has 1 aromatic rings. The van der Waals surface area contributed by atoms with Crippen LogP contribution in [0, 0.1) is 5.92 Å². The lowest BCUT2D eigenvalue weighted by Crippen LogP contribution is -2.35. The summed E-state index contributed by atoms with van der Waals surface area (Å²) in [5.41, 5.74) is 2.13. The number of rotatable bonds is 3. The van der Waals surface area contributed by atoms with Crippen molar-refractivity contribution in [1.29, 1.82) is 0 Å². The van der Waals surface area contributed by atoms with Crippen molar-refractivity contribution in [2.45, 2.75) is 25.7 Å². The van der Waals surface area contributed by atoms with Crippen LogP contribution < -0.4 is 4.90 Å². The third-order valence-corrected chi connectivity index (χ3v) is 3.96. The van der Waals surface area contributed by atoms with Crippen molar-refractivity contribution in [1.82, 2.24) is 0 Å². The van der Waals surface area contributed by atoms with Crippen molar-refractivity contribution in [2.75, 3.05) is 18.1 Å². The Morgan fingerprint density at radius 3 is 2.79 bits per heavy atom. The third kappa shape index (κ3) is 2.35. The van der Waals surface area contributed by atoms with Gasteiger partial charge >= 0.3 is 5.97 Å². The molecule has 19 heavy (non-hydrogen) atoms. The van der Waals surface area contributed by atoms with E-state index in [0.717, 1.165) is 31.4 Å². The van der Waals surface area contributed by atoms with Gasteiger partial charge in [0.25, 0.3) is 5.91 Å². The molecule has 0 unspecified atom stereocenters. The molecule has 3 rings (SSSR count). The van der Waals surface area contributed by atoms with Crippen molar-refractivity contribution in [2.24, 2.45) is 5.92 Å². The maximum absolute atomic E-state index is 12.1. The van der Waals surface area contributed by atoms with E-state index in [1.54, 1.807) is 4.90 Å². The van der Waals surface area contributed by atoms with Gasteiger partial charge < -0.3 is 9.64 Å². The summed E-state index contributed by atoms with van der Waals surface area (Å²) >= 11 is 0. The first-order valence-electron chi connectivity index (χ1n) is 6.80. The van der Waals surface area contributed by atoms with Crippen LogP contribution in [0.25, 0.3) is 0 Å². The standard InChI is InChI=1S/C15H17NO3/c17-14(10-19-15(18)12-5-3-6-12)16-9-8-11-4-1-2-7-13(11)16/h1-2,4,7,12H,3,5-6,8-10H2. The Balaban J connectivity index is 1.58. The van der Waals surface area contributed by atoms with Crippen LogP contribution in [0.15, 0.2) is 24.3 Å². The predicted molar refractivity (Wildman–Crippen MR) is 70.8 cm³/mol. The van der Waals surface area contributed by atoms with Crippen LogP contribution in [0.1, 0.15) is 24.8 Å². The van der Waals surface area contributed by atoms with Crippen LogP contribution in [0.5, 0.6) is 0 Å². The summed E-state index contributed by atoms with van der Waals surface area (Å²) in [6.45, 7) is 0.544. The smallest absolute Gasteiger partial charge is 0.309 e. The number of nitrogens with zero attached hydrogens (tertiary/aromatic N) is 1. The molecule has 2 aliphatic rings. The molecule has 0 bridgehead atoms. The van der Waals surface area contributed by atoms with Crippen LogP contribution in [-0.2, 0) is 20.7 Å². The maximum atomic E-state index is 12.1. The third-order valence-electron chi connectivity index (χ3n) is 3.96. The highest BCUT2D eigenvalue weighted by Gasteiger charge is 2.29. The van der Waals surface area contributed by atoms with Crippen molar-refractivity contribution in [3.63, 3.8) is 0 Å². The molecule has 0 spiro atoms. The molecule has 1 saturated carbocycles. The lowest BCUT2D eigenvalue weighted by molar-refractivity contribution is -0.154. The van der Waals surface area contributed by atoms with Crippen LogP contribution >= 0.6 is 0 Å². The van der Waals surface area contributed by atoms with Gasteiger partial charge in [-0.25, -0.2) is 0 Å². The number of fused-ring (bicyclic) bond motifs is 1. The Hall–Kier alpha value is -1.84. The normalized spacial score (nSPS) is 17.8. The molecule has 0 radical (unpaired) electrons. The summed E-state index contributed by atoms with van der Waals surface area (Å²) in [6, 6.07) is 7.87. The summed E-state index contributed by atoms with van der Waals surface area (Å²) in [5, 5.41) is 0. The van der Waals surface area contributed by atoms with E-state index in [0.29, 0.717) is 6.54 Å². The summed E-state index contributed by atoms with van der Waals surface area (Å²) in [4.78, 5) is 25.4. The molecule has 4 heteroatoms. The lowest BCUT2D eigenvalue weighted by atomic mass is 9.86. The van der Waals surface area contributed by atoms with E-state index in [1.165, 1.54) is 5.56 Å². The Morgan fingerprint density at radius 2 is 2.05 bits per heavy atom. The molecule has 1 fully saturated rings. The number of hydrogen-bond donors (Lipinski definition) is 0. The van der Waals surface area contributed by atoms with Crippen LogP contribution in [0.3, 0.4) is 0 Å². The minimum atomic E-state index is -0.216. The van der Waals surface area contributed by atoms with Crippen molar-refractivity contribution in [3.8, 4) is 0 Å². The topological polar surface area (TPSA) is 46.6 Å². The predicted octanol–water partition coefficient (Wildman–Crippen LogP) is 1.92. The first-order chi connectivity index (χ1) is 9.25. The highest BCUT2D eigenvalue weighted by Crippen LogP contribution is 2.29. The fourth-order valence-electron chi connectivity index (χ4n) is 2.57. The Labute approximate surface area is 112 Å². The molecule has 0 aromatic heterocycles. The van der Waals surface area contributed by atoms with E-state index in [-0.39, 0.29) is 24.4 Å². The average Bonchev–Trinajstić information content (AvgIpc) is 2.77. The highest BCUT2D eigenvalue weighted by molar-refractivity contribution is 5.97. The van der Waals surface area contributed by atoms with Gasteiger partial charge in [-0.2, -0.15) is 0 Å². The van der Waals surface area contributed by atoms with Crippen LogP contribution in [0.4, 0.5) is 5.69 Å². The van der Waals surface area contributed by atoms with Gasteiger partial charge in [-0.05, 0) is 30.9 Å². The van der Waals surface area contributed by atoms with E-state index in [2.05, 4.69) is 0 Å². The molecule has 1 heterocycles. The molecule has 100 valence electrons. The largest absolute Gasteiger partial charge is 0.455 e. The van der Waals surface area contributed by atoms with Gasteiger partial charge in [0.05, 0.1) is 5.92 Å². The molecule has 1 aliphatic carbocycles. The minimum absolute atomic E-state index is 0.0265. The fraction of sp³-hybridized carbons (Fsp3) is 0.467. The first kappa shape index (κ1) is 12.2. The van der Waals surface area contributed by atoms with Crippen LogP contribution in [-0.4, -0.2) is 25.0 Å². The Morgan fingerprint density at radius 1 is 1.26 bits per heavy atom. The highest BCUT2D eigenvalue weighted by atomic mass is 16.5. The maximum Gasteiger partial charge on any atom is 0.309 e. The number of ether oxygens (including phenoxy) is 1. The summed E-state index contributed by atoms with van der Waals surface area (Å²) in [6.07, 6.45) is 3.77. The quantitative estimate of drug-likeness (QED) is 0.779. The first-order valence-corrected chi connectivity index (χ1v) is 6.80. The number of para-hydroxylation sites is 1. The SMILES string of the molecule is O=C(OCC(=O)N1CCc2ccccc21)C1CCC1. The summed E-state index contributed by atoms with van der Waals surface area (Å²) < 4.78 is 5.11. The van der Waals surface area contributed by atoms with E-state index < -0.39 is 0 Å². The number of carbonyl (C=O) groups excluding carboxylic acids is 2. The lowest BCUT2D eigenvalue weighted by Gasteiger charge is -2.23. The molecule has 1 aliphatic heterocycles. The number of benzene rings is 1. The molecule has 0 saturated heterocycles. The number of anilines is 1. The van der Waals surface area contributed by atoms with Crippen molar-refractivity contribution < 1.29 is 14.3 Å². The monoisotopic (exact) mass is 259 g/mol. The zero-order valence-electron chi connectivity index (χ0n) is 10.8. The minimum Gasteiger partial charge on any atom is -0.455 e. The van der Waals surface area contributed by atoms with Gasteiger partial charge in [-0.3, -0.25) is 9.59 Å². The van der Waals surface area contributed by atoms with E-state index in [1.807, 2.05) is 24.3 Å².